The number of H-pyrrole nitrogens is 1. The zero-order valence-corrected chi connectivity index (χ0v) is 21.0. The van der Waals surface area contributed by atoms with Gasteiger partial charge < -0.3 is 34.0 Å². The molecule has 2 heterocycles. The molecule has 1 amide bonds. The predicted molar refractivity (Wildman–Crippen MR) is 131 cm³/mol. The number of carbonyl (C=O) groups is 1. The predicted octanol–water partition coefficient (Wildman–Crippen LogP) is 3.17. The molecule has 0 bridgehead atoms. The summed E-state index contributed by atoms with van der Waals surface area (Å²) in [6.07, 6.45) is 0.822. The highest BCUT2D eigenvalue weighted by Gasteiger charge is 2.17. The van der Waals surface area contributed by atoms with E-state index in [4.69, 9.17) is 23.7 Å². The van der Waals surface area contributed by atoms with Crippen molar-refractivity contribution in [3.05, 3.63) is 57.4 Å². The number of aryl methyl sites for hydroxylation is 2. The molecule has 1 aromatic carbocycles. The van der Waals surface area contributed by atoms with E-state index < -0.39 is 11.7 Å². The molecule has 3 rings (SSSR count). The molecule has 0 aliphatic carbocycles. The fourth-order valence-electron chi connectivity index (χ4n) is 3.46. The maximum atomic E-state index is 12.4. The molecule has 0 radical (unpaired) electrons. The smallest absolute Gasteiger partial charge is 0.407 e. The number of hydrogen-bond donors (Lipinski definition) is 2. The molecule has 0 saturated carbocycles. The number of pyridine rings is 1. The first-order valence-corrected chi connectivity index (χ1v) is 11.9. The maximum Gasteiger partial charge on any atom is 0.407 e. The van der Waals surface area contributed by atoms with Crippen LogP contribution in [0.1, 0.15) is 37.6 Å². The highest BCUT2D eigenvalue weighted by Crippen LogP contribution is 2.16. The Balaban J connectivity index is 1.45. The lowest BCUT2D eigenvalue weighted by molar-refractivity contribution is -0.102. The number of alkyl carbamates (subject to hydrolysis) is 1. The molecule has 35 heavy (non-hydrogen) atoms. The van der Waals surface area contributed by atoms with Gasteiger partial charge >= 0.3 is 6.09 Å². The van der Waals surface area contributed by atoms with Crippen LogP contribution in [0.4, 0.5) is 4.79 Å². The lowest BCUT2D eigenvalue weighted by Crippen LogP contribution is -2.34. The van der Waals surface area contributed by atoms with E-state index in [2.05, 4.69) is 10.3 Å². The minimum atomic E-state index is -0.528. The van der Waals surface area contributed by atoms with E-state index in [1.54, 1.807) is 0 Å². The third-order valence-electron chi connectivity index (χ3n) is 5.29. The van der Waals surface area contributed by atoms with Crippen LogP contribution in [0.5, 0.6) is 11.6 Å². The number of aromatic amines is 1. The number of amides is 1. The van der Waals surface area contributed by atoms with Gasteiger partial charge in [-0.05, 0) is 58.2 Å². The summed E-state index contributed by atoms with van der Waals surface area (Å²) in [4.78, 5) is 27.3. The molecule has 1 aromatic heterocycles. The van der Waals surface area contributed by atoms with Crippen LogP contribution in [0, 0.1) is 6.92 Å². The van der Waals surface area contributed by atoms with Crippen LogP contribution in [-0.2, 0) is 27.1 Å². The molecule has 9 nitrogen and oxygen atoms in total. The highest BCUT2D eigenvalue weighted by molar-refractivity contribution is 5.67. The minimum Gasteiger partial charge on any atom is -0.492 e. The number of aromatic nitrogens is 1. The third kappa shape index (κ3) is 9.26. The standard InChI is InChI=1S/C26H36N2O7/c1-18-22(28-24(15-23(18)29)34-17-21-16-31-13-14-33-21)10-7-19-5-8-20(9-6-19)32-12-11-27-25(30)35-26(2,3)4/h5-6,8-9,15,21H,7,10-14,16-17H2,1-4H3,(H,27,30)(H,28,29). The van der Waals surface area contributed by atoms with Gasteiger partial charge in [0.1, 0.15) is 30.7 Å². The molecule has 1 fully saturated rings. The molecule has 1 aliphatic heterocycles. The zero-order valence-electron chi connectivity index (χ0n) is 21.0. The second kappa shape index (κ2) is 12.6. The van der Waals surface area contributed by atoms with Crippen molar-refractivity contribution in [1.82, 2.24) is 10.3 Å². The van der Waals surface area contributed by atoms with Crippen molar-refractivity contribution in [1.29, 1.82) is 0 Å². The third-order valence-corrected chi connectivity index (χ3v) is 5.29. The van der Waals surface area contributed by atoms with Gasteiger partial charge in [-0.3, -0.25) is 4.79 Å². The summed E-state index contributed by atoms with van der Waals surface area (Å²) in [5, 5.41) is 2.66. The van der Waals surface area contributed by atoms with Crippen molar-refractivity contribution in [3.63, 3.8) is 0 Å². The largest absolute Gasteiger partial charge is 0.492 e. The number of hydrogen-bond acceptors (Lipinski definition) is 7. The molecule has 192 valence electrons. The summed E-state index contributed by atoms with van der Waals surface area (Å²) in [5.74, 6) is 1.15. The van der Waals surface area contributed by atoms with Crippen LogP contribution in [0.3, 0.4) is 0 Å². The Labute approximate surface area is 206 Å². The van der Waals surface area contributed by atoms with Crippen molar-refractivity contribution in [2.45, 2.75) is 52.2 Å². The van der Waals surface area contributed by atoms with Crippen molar-refractivity contribution in [2.75, 3.05) is 39.6 Å². The Bertz CT molecular complexity index is 1010. The van der Waals surface area contributed by atoms with Crippen molar-refractivity contribution in [2.24, 2.45) is 0 Å². The number of ether oxygens (including phenoxy) is 5. The monoisotopic (exact) mass is 488 g/mol. The average Bonchev–Trinajstić information content (AvgIpc) is 2.82. The first-order chi connectivity index (χ1) is 16.7. The summed E-state index contributed by atoms with van der Waals surface area (Å²) in [6.45, 7) is 9.92. The van der Waals surface area contributed by atoms with Gasteiger partial charge in [0.25, 0.3) is 0 Å². The fraction of sp³-hybridized carbons (Fsp3) is 0.538. The van der Waals surface area contributed by atoms with Gasteiger partial charge in [0, 0.05) is 17.3 Å². The Hall–Kier alpha value is -3.04. The van der Waals surface area contributed by atoms with Gasteiger partial charge in [-0.15, -0.1) is 0 Å². The van der Waals surface area contributed by atoms with E-state index in [-0.39, 0.29) is 11.5 Å². The number of rotatable bonds is 10. The second-order valence-corrected chi connectivity index (χ2v) is 9.40. The van der Waals surface area contributed by atoms with E-state index in [1.807, 2.05) is 52.0 Å². The summed E-state index contributed by atoms with van der Waals surface area (Å²) in [6, 6.07) is 9.25. The number of carbonyl (C=O) groups excluding carboxylic acids is 1. The quantitative estimate of drug-likeness (QED) is 0.495. The van der Waals surface area contributed by atoms with Gasteiger partial charge in [0.05, 0.1) is 26.4 Å². The molecule has 1 atom stereocenters. The normalized spacial score (nSPS) is 15.9. The van der Waals surface area contributed by atoms with Gasteiger partial charge in [-0.25, -0.2) is 4.79 Å². The first kappa shape index (κ1) is 26.6. The van der Waals surface area contributed by atoms with Crippen LogP contribution in [0.2, 0.25) is 0 Å². The highest BCUT2D eigenvalue weighted by atomic mass is 16.6. The van der Waals surface area contributed by atoms with E-state index >= 15 is 0 Å². The summed E-state index contributed by atoms with van der Waals surface area (Å²) >= 11 is 0. The number of nitrogens with one attached hydrogen (secondary N) is 2. The topological polar surface area (TPSA) is 108 Å². The van der Waals surface area contributed by atoms with Gasteiger partial charge in [-0.2, -0.15) is 0 Å². The summed E-state index contributed by atoms with van der Waals surface area (Å²) in [7, 11) is 0. The molecular formula is C26H36N2O7. The van der Waals surface area contributed by atoms with Crippen LogP contribution < -0.4 is 20.2 Å². The summed E-state index contributed by atoms with van der Waals surface area (Å²) in [5.41, 5.74) is 2.07. The van der Waals surface area contributed by atoms with Crippen molar-refractivity contribution < 1.29 is 28.5 Å². The molecule has 0 spiro atoms. The lowest BCUT2D eigenvalue weighted by Gasteiger charge is -2.23. The van der Waals surface area contributed by atoms with E-state index in [0.717, 1.165) is 17.7 Å². The zero-order chi connectivity index (χ0) is 25.3. The Kier molecular flexibility index (Phi) is 9.56. The molecule has 2 N–H and O–H groups in total. The van der Waals surface area contributed by atoms with Gasteiger partial charge in [0.15, 0.2) is 11.3 Å². The first-order valence-electron chi connectivity index (χ1n) is 11.9. The van der Waals surface area contributed by atoms with Crippen LogP contribution in [0.25, 0.3) is 0 Å². The van der Waals surface area contributed by atoms with Crippen molar-refractivity contribution >= 4 is 6.09 Å². The SMILES string of the molecule is Cc1c(CCc2ccc(OCCNC(=O)OC(C)(C)C)cc2)[nH]c(OCC2COCCO2)cc1=O. The lowest BCUT2D eigenvalue weighted by atomic mass is 10.0. The van der Waals surface area contributed by atoms with Crippen LogP contribution in [-0.4, -0.2) is 62.4 Å². The van der Waals surface area contributed by atoms with Gasteiger partial charge in [0.2, 0.25) is 0 Å². The van der Waals surface area contributed by atoms with Gasteiger partial charge in [-0.1, -0.05) is 12.1 Å². The fourth-order valence-corrected chi connectivity index (χ4v) is 3.46. The van der Waals surface area contributed by atoms with Crippen LogP contribution >= 0.6 is 0 Å². The molecule has 1 unspecified atom stereocenters. The van der Waals surface area contributed by atoms with Crippen LogP contribution in [0.15, 0.2) is 35.1 Å². The van der Waals surface area contributed by atoms with E-state index in [9.17, 15) is 9.59 Å². The van der Waals surface area contributed by atoms with E-state index in [0.29, 0.717) is 63.2 Å². The average molecular weight is 489 g/mol. The molecule has 1 aliphatic rings. The number of benzene rings is 1. The second-order valence-electron chi connectivity index (χ2n) is 9.40. The molecule has 1 saturated heterocycles. The Morgan fingerprint density at radius 3 is 2.60 bits per heavy atom. The molecule has 2 aromatic rings. The van der Waals surface area contributed by atoms with Crippen molar-refractivity contribution in [3.8, 4) is 11.6 Å². The molecule has 9 heteroatoms. The summed E-state index contributed by atoms with van der Waals surface area (Å²) < 4.78 is 27.6. The van der Waals surface area contributed by atoms with E-state index in [1.165, 1.54) is 6.07 Å². The minimum absolute atomic E-state index is 0.0571. The Morgan fingerprint density at radius 2 is 1.91 bits per heavy atom. The molecular weight excluding hydrogens is 452 g/mol. The maximum absolute atomic E-state index is 12.4. The Morgan fingerprint density at radius 1 is 1.14 bits per heavy atom.